The maximum atomic E-state index is 13.5. The van der Waals surface area contributed by atoms with Gasteiger partial charge in [0.15, 0.2) is 0 Å². The minimum atomic E-state index is -0.657. The second kappa shape index (κ2) is 7.68. The summed E-state index contributed by atoms with van der Waals surface area (Å²) in [6, 6.07) is 9.52. The largest absolute Gasteiger partial charge is 0.381 e. The molecule has 2 aliphatic rings. The third kappa shape index (κ3) is 3.87. The first-order chi connectivity index (χ1) is 14.5. The second-order valence-electron chi connectivity index (χ2n) is 8.11. The maximum absolute atomic E-state index is 13.5. The summed E-state index contributed by atoms with van der Waals surface area (Å²) in [4.78, 5) is 6.60. The average molecular weight is 413 g/mol. The molecule has 0 bridgehead atoms. The smallest absolute Gasteiger partial charge is 0.246 e. The lowest BCUT2D eigenvalue weighted by Crippen LogP contribution is -2.50. The molecule has 1 aromatic heterocycles. The highest BCUT2D eigenvalue weighted by atomic mass is 19.1. The molecule has 2 aromatic carbocycles. The van der Waals surface area contributed by atoms with E-state index in [4.69, 9.17) is 4.74 Å². The number of nitrogens with one attached hydrogen (secondary N) is 1. The summed E-state index contributed by atoms with van der Waals surface area (Å²) in [6.45, 7) is 5.94. The molecule has 3 heterocycles. The lowest BCUT2D eigenvalue weighted by molar-refractivity contribution is 0.164. The highest BCUT2D eigenvalue weighted by Gasteiger charge is 2.35. The summed E-state index contributed by atoms with van der Waals surface area (Å²) >= 11 is 0. The number of anilines is 3. The van der Waals surface area contributed by atoms with Crippen molar-refractivity contribution < 1.29 is 14.9 Å². The molecule has 1 unspecified atom stereocenters. The van der Waals surface area contributed by atoms with Gasteiger partial charge in [0.05, 0.1) is 5.69 Å². The number of nitrogens with zero attached hydrogens (tertiary/aromatic N) is 4. The zero-order valence-corrected chi connectivity index (χ0v) is 16.7. The van der Waals surface area contributed by atoms with E-state index in [1.807, 2.05) is 6.07 Å². The minimum absolute atomic E-state index is 0. The van der Waals surface area contributed by atoms with Gasteiger partial charge >= 0.3 is 0 Å². The second-order valence-corrected chi connectivity index (χ2v) is 8.11. The fourth-order valence-corrected chi connectivity index (χ4v) is 4.21. The Balaban J connectivity index is 0.00000231. The monoisotopic (exact) mass is 413 g/mol. The standard InChI is InChI=1S/C22H23F2N5O.H2/c1-14-4-19(9-20(5-14)28-10-16(11-28)15-2-3-30-12-15)26-22-25-13-29(27-22)21-7-17(23)6-18(24)8-21;/h4-9,13,15-16H,2-3,10-12H2,1H3,(H,26,27);1H. The van der Waals surface area contributed by atoms with Gasteiger partial charge in [-0.05, 0) is 61.1 Å². The number of aryl methyl sites for hydroxylation is 1. The summed E-state index contributed by atoms with van der Waals surface area (Å²) in [5.41, 5.74) is 3.45. The van der Waals surface area contributed by atoms with Crippen LogP contribution in [-0.4, -0.2) is 41.1 Å². The molecule has 0 amide bonds. The summed E-state index contributed by atoms with van der Waals surface area (Å²) in [7, 11) is 0. The summed E-state index contributed by atoms with van der Waals surface area (Å²) < 4.78 is 33.8. The highest BCUT2D eigenvalue weighted by molar-refractivity contribution is 5.64. The first kappa shape index (κ1) is 19.0. The predicted molar refractivity (Wildman–Crippen MR) is 112 cm³/mol. The maximum Gasteiger partial charge on any atom is 0.246 e. The number of rotatable bonds is 5. The van der Waals surface area contributed by atoms with Crippen LogP contribution in [0.5, 0.6) is 0 Å². The quantitative estimate of drug-likeness (QED) is 0.675. The molecule has 0 saturated carbocycles. The normalized spacial score (nSPS) is 19.2. The van der Waals surface area contributed by atoms with Crippen molar-refractivity contribution in [3.05, 3.63) is 59.9 Å². The Hall–Kier alpha value is -3.00. The third-order valence-corrected chi connectivity index (χ3v) is 5.83. The van der Waals surface area contributed by atoms with Gasteiger partial charge in [-0.2, -0.15) is 4.98 Å². The summed E-state index contributed by atoms with van der Waals surface area (Å²) in [5.74, 6) is 0.435. The van der Waals surface area contributed by atoms with Crippen LogP contribution in [0.1, 0.15) is 13.4 Å². The molecule has 0 aliphatic carbocycles. The molecule has 3 aromatic rings. The van der Waals surface area contributed by atoms with Crippen molar-refractivity contribution in [2.24, 2.45) is 11.8 Å². The molecule has 5 rings (SSSR count). The van der Waals surface area contributed by atoms with Crippen molar-refractivity contribution in [1.29, 1.82) is 0 Å². The number of hydrogen-bond donors (Lipinski definition) is 1. The molecule has 1 N–H and O–H groups in total. The molecule has 6 nitrogen and oxygen atoms in total. The zero-order valence-electron chi connectivity index (χ0n) is 16.7. The Morgan fingerprint density at radius 1 is 1.03 bits per heavy atom. The van der Waals surface area contributed by atoms with E-state index in [1.165, 1.54) is 35.3 Å². The Labute approximate surface area is 175 Å². The van der Waals surface area contributed by atoms with Crippen molar-refractivity contribution in [2.45, 2.75) is 13.3 Å². The average Bonchev–Trinajstić information content (AvgIpc) is 3.31. The van der Waals surface area contributed by atoms with Crippen molar-refractivity contribution in [3.63, 3.8) is 0 Å². The highest BCUT2D eigenvalue weighted by Crippen LogP contribution is 2.35. The molecular weight excluding hydrogens is 388 g/mol. The zero-order chi connectivity index (χ0) is 20.7. The van der Waals surface area contributed by atoms with Gasteiger partial charge in [0.1, 0.15) is 18.0 Å². The van der Waals surface area contributed by atoms with E-state index >= 15 is 0 Å². The lowest BCUT2D eigenvalue weighted by atomic mass is 9.85. The first-order valence-corrected chi connectivity index (χ1v) is 10.1. The number of halogens is 2. The fraction of sp³-hybridized carbons (Fsp3) is 0.364. The van der Waals surface area contributed by atoms with Gasteiger partial charge < -0.3 is 15.0 Å². The minimum Gasteiger partial charge on any atom is -0.381 e. The molecule has 2 fully saturated rings. The van der Waals surface area contributed by atoms with Crippen LogP contribution in [0.15, 0.2) is 42.7 Å². The Kier molecular flexibility index (Phi) is 4.86. The predicted octanol–water partition coefficient (Wildman–Crippen LogP) is 4.32. The molecule has 158 valence electrons. The molecule has 0 spiro atoms. The third-order valence-electron chi connectivity index (χ3n) is 5.83. The van der Waals surface area contributed by atoms with E-state index in [-0.39, 0.29) is 7.11 Å². The van der Waals surface area contributed by atoms with E-state index in [0.717, 1.165) is 43.6 Å². The molecule has 8 heteroatoms. The number of hydrogen-bond acceptors (Lipinski definition) is 5. The van der Waals surface area contributed by atoms with Crippen LogP contribution in [-0.2, 0) is 4.74 Å². The Morgan fingerprint density at radius 2 is 1.83 bits per heavy atom. The molecule has 2 aliphatic heterocycles. The molecule has 2 saturated heterocycles. The number of benzene rings is 2. The van der Waals surface area contributed by atoms with E-state index in [9.17, 15) is 8.78 Å². The molecule has 1 atom stereocenters. The van der Waals surface area contributed by atoms with Crippen molar-refractivity contribution in [1.82, 2.24) is 14.8 Å². The number of ether oxygens (including phenoxy) is 1. The van der Waals surface area contributed by atoms with Crippen molar-refractivity contribution in [2.75, 3.05) is 36.5 Å². The van der Waals surface area contributed by atoms with E-state index < -0.39 is 11.6 Å². The summed E-state index contributed by atoms with van der Waals surface area (Å²) in [5, 5.41) is 7.49. The van der Waals surface area contributed by atoms with Crippen LogP contribution in [0.4, 0.5) is 26.1 Å². The number of aromatic nitrogens is 3. The van der Waals surface area contributed by atoms with Crippen LogP contribution in [0.3, 0.4) is 0 Å². The van der Waals surface area contributed by atoms with Gasteiger partial charge in [-0.25, -0.2) is 13.5 Å². The van der Waals surface area contributed by atoms with Gasteiger partial charge in [-0.3, -0.25) is 0 Å². The molecule has 30 heavy (non-hydrogen) atoms. The van der Waals surface area contributed by atoms with E-state index in [2.05, 4.69) is 39.4 Å². The van der Waals surface area contributed by atoms with Gasteiger partial charge in [0, 0.05) is 45.2 Å². The topological polar surface area (TPSA) is 55.2 Å². The van der Waals surface area contributed by atoms with Crippen LogP contribution in [0, 0.1) is 30.4 Å². The van der Waals surface area contributed by atoms with Crippen LogP contribution >= 0.6 is 0 Å². The SMILES string of the molecule is Cc1cc(Nc2ncn(-c3cc(F)cc(F)c3)n2)cc(N2CC(C3CCOC3)C2)c1.[HH]. The van der Waals surface area contributed by atoms with Crippen LogP contribution in [0.25, 0.3) is 5.69 Å². The summed E-state index contributed by atoms with van der Waals surface area (Å²) in [6.07, 6.45) is 2.60. The van der Waals surface area contributed by atoms with Crippen LogP contribution < -0.4 is 10.2 Å². The van der Waals surface area contributed by atoms with Gasteiger partial charge in [-0.15, -0.1) is 5.10 Å². The van der Waals surface area contributed by atoms with Gasteiger partial charge in [0.25, 0.3) is 0 Å². The van der Waals surface area contributed by atoms with Gasteiger partial charge in [-0.1, -0.05) is 0 Å². The molecule has 0 radical (unpaired) electrons. The van der Waals surface area contributed by atoms with Crippen LogP contribution in [0.2, 0.25) is 0 Å². The van der Waals surface area contributed by atoms with Crippen molar-refractivity contribution >= 4 is 17.3 Å². The fourth-order valence-electron chi connectivity index (χ4n) is 4.21. The van der Waals surface area contributed by atoms with E-state index in [1.54, 1.807) is 0 Å². The Morgan fingerprint density at radius 3 is 2.57 bits per heavy atom. The Bertz CT molecular complexity index is 1040. The lowest BCUT2D eigenvalue weighted by Gasteiger charge is -2.44. The van der Waals surface area contributed by atoms with E-state index in [0.29, 0.717) is 17.8 Å². The van der Waals surface area contributed by atoms with Gasteiger partial charge in [0.2, 0.25) is 5.95 Å². The molecular formula is C22H25F2N5O. The van der Waals surface area contributed by atoms with Crippen molar-refractivity contribution in [3.8, 4) is 5.69 Å². The first-order valence-electron chi connectivity index (χ1n) is 10.1.